The molecule has 0 saturated carbocycles. The predicted molar refractivity (Wildman–Crippen MR) is 85.4 cm³/mol. The van der Waals surface area contributed by atoms with Crippen LogP contribution in [0.2, 0.25) is 0 Å². The van der Waals surface area contributed by atoms with Crippen molar-refractivity contribution in [2.45, 2.75) is 0 Å². The summed E-state index contributed by atoms with van der Waals surface area (Å²) in [5.41, 5.74) is 0.198. The molecule has 0 unspecified atom stereocenters. The van der Waals surface area contributed by atoms with Gasteiger partial charge in [0.15, 0.2) is 0 Å². The maximum Gasteiger partial charge on any atom is 0.248 e. The normalized spacial score (nSPS) is 10.9. The van der Waals surface area contributed by atoms with Crippen molar-refractivity contribution in [1.82, 2.24) is 14.5 Å². The van der Waals surface area contributed by atoms with Crippen LogP contribution < -0.4 is 5.32 Å². The summed E-state index contributed by atoms with van der Waals surface area (Å²) in [6, 6.07) is 6.88. The molecule has 120 valence electrons. The highest BCUT2D eigenvalue weighted by molar-refractivity contribution is 6.01. The van der Waals surface area contributed by atoms with Crippen molar-refractivity contribution in [3.8, 4) is 5.82 Å². The first kappa shape index (κ1) is 15.5. The van der Waals surface area contributed by atoms with Crippen molar-refractivity contribution >= 4 is 17.7 Å². The van der Waals surface area contributed by atoms with E-state index in [4.69, 9.17) is 0 Å². The monoisotopic (exact) mass is 326 g/mol. The third-order valence-corrected chi connectivity index (χ3v) is 3.19. The molecule has 24 heavy (non-hydrogen) atoms. The van der Waals surface area contributed by atoms with Gasteiger partial charge in [-0.05, 0) is 30.3 Å². The van der Waals surface area contributed by atoms with E-state index in [-0.39, 0.29) is 5.56 Å². The topological polar surface area (TPSA) is 59.8 Å². The SMILES string of the molecule is O=C(C=Cc1c(F)cccc1F)Nc1ccc(-n2ccnc2)nc1. The molecule has 0 spiro atoms. The zero-order chi connectivity index (χ0) is 16.9. The number of rotatable bonds is 4. The van der Waals surface area contributed by atoms with Crippen molar-refractivity contribution in [3.05, 3.63) is 78.5 Å². The molecule has 0 bridgehead atoms. The standard InChI is InChI=1S/C17H12F2N4O/c18-14-2-1-3-15(19)13(14)5-7-17(24)22-12-4-6-16(21-10-12)23-9-8-20-11-23/h1-11H,(H,22,24). The highest BCUT2D eigenvalue weighted by atomic mass is 19.1. The number of pyridine rings is 1. The number of halogens is 2. The van der Waals surface area contributed by atoms with Crippen LogP contribution in [0.5, 0.6) is 0 Å². The van der Waals surface area contributed by atoms with Gasteiger partial charge in [-0.2, -0.15) is 0 Å². The number of amides is 1. The van der Waals surface area contributed by atoms with Crippen LogP contribution in [0.3, 0.4) is 0 Å². The first-order chi connectivity index (χ1) is 11.6. The zero-order valence-electron chi connectivity index (χ0n) is 12.4. The molecule has 5 nitrogen and oxygen atoms in total. The lowest BCUT2D eigenvalue weighted by atomic mass is 10.2. The van der Waals surface area contributed by atoms with E-state index in [0.717, 1.165) is 24.3 Å². The van der Waals surface area contributed by atoms with Gasteiger partial charge in [-0.25, -0.2) is 18.7 Å². The molecule has 3 aromatic rings. The minimum atomic E-state index is -0.731. The van der Waals surface area contributed by atoms with Crippen molar-refractivity contribution in [1.29, 1.82) is 0 Å². The highest BCUT2D eigenvalue weighted by Crippen LogP contribution is 2.14. The van der Waals surface area contributed by atoms with Gasteiger partial charge in [0.05, 0.1) is 11.9 Å². The van der Waals surface area contributed by atoms with E-state index in [9.17, 15) is 13.6 Å². The Balaban J connectivity index is 1.68. The number of aromatic nitrogens is 3. The molecule has 2 aromatic heterocycles. The molecule has 0 fully saturated rings. The summed E-state index contributed by atoms with van der Waals surface area (Å²) < 4.78 is 28.6. The van der Waals surface area contributed by atoms with E-state index >= 15 is 0 Å². The molecule has 1 N–H and O–H groups in total. The van der Waals surface area contributed by atoms with Gasteiger partial charge in [-0.3, -0.25) is 9.36 Å². The van der Waals surface area contributed by atoms with Crippen LogP contribution in [0.4, 0.5) is 14.5 Å². The number of imidazole rings is 1. The molecular formula is C17H12F2N4O. The third-order valence-electron chi connectivity index (χ3n) is 3.19. The van der Waals surface area contributed by atoms with Crippen LogP contribution in [0, 0.1) is 11.6 Å². The molecule has 0 aliphatic carbocycles. The van der Waals surface area contributed by atoms with E-state index in [1.807, 2.05) is 0 Å². The zero-order valence-corrected chi connectivity index (χ0v) is 12.4. The smallest absolute Gasteiger partial charge is 0.248 e. The second-order valence-electron chi connectivity index (χ2n) is 4.83. The van der Waals surface area contributed by atoms with Gasteiger partial charge in [0.1, 0.15) is 23.8 Å². The molecule has 0 atom stereocenters. The van der Waals surface area contributed by atoms with Crippen LogP contribution in [-0.4, -0.2) is 20.4 Å². The van der Waals surface area contributed by atoms with Crippen LogP contribution >= 0.6 is 0 Å². The number of carbonyl (C=O) groups excluding carboxylic acids is 1. The molecule has 0 saturated heterocycles. The highest BCUT2D eigenvalue weighted by Gasteiger charge is 2.06. The van der Waals surface area contributed by atoms with Gasteiger partial charge in [0.25, 0.3) is 0 Å². The quantitative estimate of drug-likeness (QED) is 0.749. The Bertz CT molecular complexity index is 854. The van der Waals surface area contributed by atoms with Gasteiger partial charge in [-0.15, -0.1) is 0 Å². The van der Waals surface area contributed by atoms with Gasteiger partial charge < -0.3 is 5.32 Å². The first-order valence-electron chi connectivity index (χ1n) is 7.01. The van der Waals surface area contributed by atoms with E-state index < -0.39 is 17.5 Å². The lowest BCUT2D eigenvalue weighted by Gasteiger charge is -2.04. The Morgan fingerprint density at radius 2 is 1.96 bits per heavy atom. The minimum absolute atomic E-state index is 0.263. The molecule has 1 amide bonds. The Morgan fingerprint density at radius 3 is 2.58 bits per heavy atom. The first-order valence-corrected chi connectivity index (χ1v) is 7.01. The number of benzene rings is 1. The van der Waals surface area contributed by atoms with E-state index in [1.165, 1.54) is 12.3 Å². The van der Waals surface area contributed by atoms with E-state index in [0.29, 0.717) is 11.5 Å². The number of anilines is 1. The largest absolute Gasteiger partial charge is 0.321 e. The fraction of sp³-hybridized carbons (Fsp3) is 0. The Hall–Kier alpha value is -3.35. The predicted octanol–water partition coefficient (Wildman–Crippen LogP) is 3.20. The Labute approximate surface area is 136 Å². The Morgan fingerprint density at radius 1 is 1.17 bits per heavy atom. The number of nitrogens with zero attached hydrogens (tertiary/aromatic N) is 3. The summed E-state index contributed by atoms with van der Waals surface area (Å²) >= 11 is 0. The summed E-state index contributed by atoms with van der Waals surface area (Å²) in [4.78, 5) is 19.9. The average Bonchev–Trinajstić information content (AvgIpc) is 3.09. The summed E-state index contributed by atoms with van der Waals surface area (Å²) in [6.45, 7) is 0. The fourth-order valence-corrected chi connectivity index (χ4v) is 2.02. The molecule has 0 aliphatic rings. The van der Waals surface area contributed by atoms with E-state index in [1.54, 1.807) is 35.4 Å². The van der Waals surface area contributed by atoms with Crippen molar-refractivity contribution < 1.29 is 13.6 Å². The lowest BCUT2D eigenvalue weighted by Crippen LogP contribution is -2.08. The summed E-state index contributed by atoms with van der Waals surface area (Å²) in [5.74, 6) is -1.33. The maximum absolute atomic E-state index is 13.5. The second-order valence-corrected chi connectivity index (χ2v) is 4.83. The molecule has 1 aromatic carbocycles. The van der Waals surface area contributed by atoms with Crippen LogP contribution in [-0.2, 0) is 4.79 Å². The number of carbonyl (C=O) groups is 1. The second kappa shape index (κ2) is 6.82. The van der Waals surface area contributed by atoms with Crippen molar-refractivity contribution in [2.75, 3.05) is 5.32 Å². The van der Waals surface area contributed by atoms with Crippen LogP contribution in [0.25, 0.3) is 11.9 Å². The summed E-state index contributed by atoms with van der Waals surface area (Å²) in [7, 11) is 0. The van der Waals surface area contributed by atoms with Crippen molar-refractivity contribution in [3.63, 3.8) is 0 Å². The van der Waals surface area contributed by atoms with Gasteiger partial charge >= 0.3 is 0 Å². The van der Waals surface area contributed by atoms with Crippen LogP contribution in [0.15, 0.2) is 61.3 Å². The van der Waals surface area contributed by atoms with E-state index in [2.05, 4.69) is 15.3 Å². The molecule has 3 rings (SSSR count). The third kappa shape index (κ3) is 3.52. The minimum Gasteiger partial charge on any atom is -0.321 e. The van der Waals surface area contributed by atoms with Crippen LogP contribution in [0.1, 0.15) is 5.56 Å². The average molecular weight is 326 g/mol. The molecular weight excluding hydrogens is 314 g/mol. The van der Waals surface area contributed by atoms with Gasteiger partial charge in [-0.1, -0.05) is 6.07 Å². The van der Waals surface area contributed by atoms with Crippen molar-refractivity contribution in [2.24, 2.45) is 0 Å². The fourth-order valence-electron chi connectivity index (χ4n) is 2.02. The molecule has 7 heteroatoms. The molecule has 2 heterocycles. The number of hydrogen-bond donors (Lipinski definition) is 1. The summed E-state index contributed by atoms with van der Waals surface area (Å²) in [6.07, 6.45) is 8.60. The maximum atomic E-state index is 13.5. The van der Waals surface area contributed by atoms with Gasteiger partial charge in [0.2, 0.25) is 5.91 Å². The lowest BCUT2D eigenvalue weighted by molar-refractivity contribution is -0.111. The molecule has 0 radical (unpaired) electrons. The number of nitrogens with one attached hydrogen (secondary N) is 1. The molecule has 0 aliphatic heterocycles. The van der Waals surface area contributed by atoms with Gasteiger partial charge in [0, 0.05) is 24.0 Å². The Kier molecular flexibility index (Phi) is 4.42. The summed E-state index contributed by atoms with van der Waals surface area (Å²) in [5, 5.41) is 2.57. The number of hydrogen-bond acceptors (Lipinski definition) is 3.